The third-order valence-electron chi connectivity index (χ3n) is 1.88. The number of hydrogen-bond acceptors (Lipinski definition) is 2. The van der Waals surface area contributed by atoms with Crippen LogP contribution in [0.4, 0.5) is 0 Å². The molecule has 0 heterocycles. The fourth-order valence-electron chi connectivity index (χ4n) is 1.46. The van der Waals surface area contributed by atoms with Crippen molar-refractivity contribution >= 4 is 8.32 Å². The van der Waals surface area contributed by atoms with E-state index >= 15 is 0 Å². The van der Waals surface area contributed by atoms with Crippen LogP contribution in [0.3, 0.4) is 0 Å². The minimum atomic E-state index is -1.49. The summed E-state index contributed by atoms with van der Waals surface area (Å²) in [7, 11) is -1.49. The number of benzene rings is 1. The fraction of sp³-hybridized carbons (Fsp3) is 0.500. The van der Waals surface area contributed by atoms with Crippen LogP contribution in [0.2, 0.25) is 19.6 Å². The Balaban J connectivity index is 2.74. The molecule has 1 rings (SSSR count). The summed E-state index contributed by atoms with van der Waals surface area (Å²) < 4.78 is 5.92. The van der Waals surface area contributed by atoms with Crippen LogP contribution >= 0.6 is 0 Å². The molecule has 0 amide bonds. The molecule has 15 heavy (non-hydrogen) atoms. The Morgan fingerprint density at radius 1 is 1.33 bits per heavy atom. The van der Waals surface area contributed by atoms with Gasteiger partial charge in [-0.25, -0.2) is 0 Å². The fourth-order valence-corrected chi connectivity index (χ4v) is 2.30. The second kappa shape index (κ2) is 4.81. The van der Waals surface area contributed by atoms with E-state index in [1.165, 1.54) is 5.56 Å². The van der Waals surface area contributed by atoms with Crippen molar-refractivity contribution in [3.05, 3.63) is 29.8 Å². The minimum absolute atomic E-state index is 0.201. The molecular weight excluding hydrogens is 202 g/mol. The highest BCUT2D eigenvalue weighted by molar-refractivity contribution is 6.70. The quantitative estimate of drug-likeness (QED) is 0.797. The summed E-state index contributed by atoms with van der Waals surface area (Å²) in [5.74, 6) is 0.979. The highest BCUT2D eigenvalue weighted by atomic mass is 28.4. The lowest BCUT2D eigenvalue weighted by molar-refractivity contribution is 0.556. The van der Waals surface area contributed by atoms with Crippen molar-refractivity contribution in [3.63, 3.8) is 0 Å². The Morgan fingerprint density at radius 3 is 2.53 bits per heavy atom. The molecule has 0 saturated heterocycles. The average Bonchev–Trinajstić information content (AvgIpc) is 1.99. The lowest BCUT2D eigenvalue weighted by Crippen LogP contribution is -2.29. The Hall–Kier alpha value is -0.803. The molecule has 0 radical (unpaired) electrons. The van der Waals surface area contributed by atoms with Gasteiger partial charge in [-0.1, -0.05) is 12.1 Å². The normalized spacial score (nSPS) is 13.7. The number of hydrogen-bond donors (Lipinski definition) is 1. The van der Waals surface area contributed by atoms with E-state index in [4.69, 9.17) is 10.2 Å². The van der Waals surface area contributed by atoms with Gasteiger partial charge in [-0.2, -0.15) is 0 Å². The maximum Gasteiger partial charge on any atom is 0.242 e. The lowest BCUT2D eigenvalue weighted by atomic mass is 10.1. The average molecular weight is 223 g/mol. The van der Waals surface area contributed by atoms with E-state index in [9.17, 15) is 0 Å². The van der Waals surface area contributed by atoms with Gasteiger partial charge in [-0.15, -0.1) is 0 Å². The smallest absolute Gasteiger partial charge is 0.242 e. The Bertz CT molecular complexity index is 318. The van der Waals surface area contributed by atoms with Crippen LogP contribution in [0.25, 0.3) is 0 Å². The van der Waals surface area contributed by atoms with Gasteiger partial charge in [0.05, 0.1) is 0 Å². The first-order chi connectivity index (χ1) is 6.87. The van der Waals surface area contributed by atoms with Crippen molar-refractivity contribution in [2.75, 3.05) is 0 Å². The SMILES string of the molecule is CC(N)Cc1cccc(O[Si](C)(C)C)c1. The molecule has 2 N–H and O–H groups in total. The molecule has 0 aliphatic rings. The van der Waals surface area contributed by atoms with Gasteiger partial charge in [0, 0.05) is 6.04 Å². The third kappa shape index (κ3) is 5.00. The van der Waals surface area contributed by atoms with Gasteiger partial charge >= 0.3 is 0 Å². The van der Waals surface area contributed by atoms with Gasteiger partial charge in [-0.3, -0.25) is 0 Å². The molecule has 1 atom stereocenters. The van der Waals surface area contributed by atoms with E-state index < -0.39 is 8.32 Å². The first-order valence-electron chi connectivity index (χ1n) is 5.40. The molecule has 0 spiro atoms. The predicted octanol–water partition coefficient (Wildman–Crippen LogP) is 2.79. The zero-order chi connectivity index (χ0) is 11.5. The summed E-state index contributed by atoms with van der Waals surface area (Å²) in [5, 5.41) is 0. The van der Waals surface area contributed by atoms with Crippen LogP contribution in [0.5, 0.6) is 5.75 Å². The van der Waals surface area contributed by atoms with Crippen molar-refractivity contribution in [1.29, 1.82) is 0 Å². The van der Waals surface area contributed by atoms with Gasteiger partial charge < -0.3 is 10.2 Å². The summed E-state index contributed by atoms with van der Waals surface area (Å²) in [6.45, 7) is 8.58. The largest absolute Gasteiger partial charge is 0.544 e. The van der Waals surface area contributed by atoms with E-state index in [-0.39, 0.29) is 6.04 Å². The van der Waals surface area contributed by atoms with Crippen LogP contribution in [0.15, 0.2) is 24.3 Å². The zero-order valence-electron chi connectivity index (χ0n) is 10.1. The maximum absolute atomic E-state index is 5.92. The van der Waals surface area contributed by atoms with Crippen LogP contribution < -0.4 is 10.2 Å². The van der Waals surface area contributed by atoms with Crippen molar-refractivity contribution in [1.82, 2.24) is 0 Å². The number of nitrogens with two attached hydrogens (primary N) is 1. The maximum atomic E-state index is 5.92. The molecule has 1 aromatic carbocycles. The Kier molecular flexibility index (Phi) is 3.94. The monoisotopic (exact) mass is 223 g/mol. The highest BCUT2D eigenvalue weighted by Crippen LogP contribution is 2.18. The van der Waals surface area contributed by atoms with E-state index in [1.807, 2.05) is 19.1 Å². The summed E-state index contributed by atoms with van der Waals surface area (Å²) in [5.41, 5.74) is 7.02. The molecule has 0 aromatic heterocycles. The molecule has 1 unspecified atom stereocenters. The molecule has 0 fully saturated rings. The Morgan fingerprint density at radius 2 is 2.00 bits per heavy atom. The van der Waals surface area contributed by atoms with Crippen LogP contribution in [0.1, 0.15) is 12.5 Å². The van der Waals surface area contributed by atoms with E-state index in [0.29, 0.717) is 0 Å². The second-order valence-electron chi connectivity index (χ2n) is 5.04. The van der Waals surface area contributed by atoms with Gasteiger partial charge in [-0.05, 0) is 50.7 Å². The molecule has 2 nitrogen and oxygen atoms in total. The molecule has 3 heteroatoms. The van der Waals surface area contributed by atoms with Crippen molar-refractivity contribution in [3.8, 4) is 5.75 Å². The predicted molar refractivity (Wildman–Crippen MR) is 67.8 cm³/mol. The summed E-state index contributed by atoms with van der Waals surface area (Å²) in [4.78, 5) is 0. The first-order valence-corrected chi connectivity index (χ1v) is 8.81. The van der Waals surface area contributed by atoms with Crippen molar-refractivity contribution in [2.45, 2.75) is 39.0 Å². The molecule has 0 aliphatic heterocycles. The van der Waals surface area contributed by atoms with Crippen molar-refractivity contribution in [2.24, 2.45) is 5.73 Å². The zero-order valence-corrected chi connectivity index (χ0v) is 11.1. The second-order valence-corrected chi connectivity index (χ2v) is 9.47. The Labute approximate surface area is 93.6 Å². The molecule has 0 bridgehead atoms. The van der Waals surface area contributed by atoms with Crippen LogP contribution in [-0.2, 0) is 6.42 Å². The molecule has 1 aromatic rings. The van der Waals surface area contributed by atoms with Crippen molar-refractivity contribution < 1.29 is 4.43 Å². The summed E-state index contributed by atoms with van der Waals surface area (Å²) in [6, 6.07) is 8.45. The molecule has 84 valence electrons. The third-order valence-corrected chi connectivity index (χ3v) is 2.73. The number of rotatable bonds is 4. The van der Waals surface area contributed by atoms with Crippen LogP contribution in [0, 0.1) is 0 Å². The van der Waals surface area contributed by atoms with Gasteiger partial charge in [0.15, 0.2) is 0 Å². The minimum Gasteiger partial charge on any atom is -0.544 e. The van der Waals surface area contributed by atoms with E-state index in [1.54, 1.807) is 0 Å². The van der Waals surface area contributed by atoms with Gasteiger partial charge in [0.1, 0.15) is 5.75 Å². The van der Waals surface area contributed by atoms with Gasteiger partial charge in [0.25, 0.3) is 0 Å². The lowest BCUT2D eigenvalue weighted by Gasteiger charge is -2.19. The molecule has 0 saturated carbocycles. The molecular formula is C12H21NOSi. The first kappa shape index (κ1) is 12.3. The summed E-state index contributed by atoms with van der Waals surface area (Å²) in [6.07, 6.45) is 0.906. The topological polar surface area (TPSA) is 35.2 Å². The van der Waals surface area contributed by atoms with Crippen LogP contribution in [-0.4, -0.2) is 14.4 Å². The summed E-state index contributed by atoms with van der Waals surface area (Å²) >= 11 is 0. The van der Waals surface area contributed by atoms with Gasteiger partial charge in [0.2, 0.25) is 8.32 Å². The van der Waals surface area contributed by atoms with E-state index in [2.05, 4.69) is 31.8 Å². The van der Waals surface area contributed by atoms with E-state index in [0.717, 1.165) is 12.2 Å². The molecule has 0 aliphatic carbocycles. The highest BCUT2D eigenvalue weighted by Gasteiger charge is 2.16. The standard InChI is InChI=1S/C12H21NOSi/c1-10(13)8-11-6-5-7-12(9-11)14-15(2,3)4/h5-7,9-10H,8,13H2,1-4H3.